The first-order valence-corrected chi connectivity index (χ1v) is 14.8. The number of nitrogens with one attached hydrogen (secondary N) is 1. The summed E-state index contributed by atoms with van der Waals surface area (Å²) in [6.07, 6.45) is 1.61. The molecule has 0 aliphatic carbocycles. The van der Waals surface area contributed by atoms with Gasteiger partial charge in [0.05, 0.1) is 10.6 Å². The van der Waals surface area contributed by atoms with E-state index in [9.17, 15) is 14.4 Å². The molecule has 7 nitrogen and oxygen atoms in total. The van der Waals surface area contributed by atoms with Crippen molar-refractivity contribution in [1.29, 1.82) is 0 Å². The number of anilines is 2. The van der Waals surface area contributed by atoms with E-state index in [1.165, 1.54) is 0 Å². The second-order valence-electron chi connectivity index (χ2n) is 8.71. The Morgan fingerprint density at radius 2 is 1.82 bits per heavy atom. The standard InChI is InChI=1S/C29H26BrCl2N3O4S/c1-3-34(4-2)21-12-10-18(25(15-21)39-17-19-9-11-20(31)14-23(19)32)13-26-28(37)35(29(38)40-26)16-27(36)33-24-8-6-5-7-22(24)30/h5-15H,3-4,16-17H2,1-2H3,(H,33,36)/b26-13+. The van der Waals surface area contributed by atoms with E-state index < -0.39 is 23.6 Å². The quantitative estimate of drug-likeness (QED) is 0.223. The van der Waals surface area contributed by atoms with Crippen LogP contribution >= 0.6 is 50.9 Å². The van der Waals surface area contributed by atoms with Gasteiger partial charge in [-0.3, -0.25) is 19.3 Å². The summed E-state index contributed by atoms with van der Waals surface area (Å²) in [5.41, 5.74) is 2.87. The first kappa shape index (κ1) is 30.0. The molecular weight excluding hydrogens is 637 g/mol. The van der Waals surface area contributed by atoms with Crippen LogP contribution in [0, 0.1) is 0 Å². The smallest absolute Gasteiger partial charge is 0.294 e. The Bertz CT molecular complexity index is 1480. The molecule has 1 N–H and O–H groups in total. The number of carbonyl (C=O) groups excluding carboxylic acids is 3. The minimum atomic E-state index is -0.545. The average molecular weight is 663 g/mol. The lowest BCUT2D eigenvalue weighted by molar-refractivity contribution is -0.127. The average Bonchev–Trinajstić information content (AvgIpc) is 3.18. The Balaban J connectivity index is 1.57. The Labute approximate surface area is 255 Å². The molecule has 1 aliphatic rings. The third-order valence-corrected chi connectivity index (χ3v) is 8.32. The van der Waals surface area contributed by atoms with Crippen molar-refractivity contribution < 1.29 is 19.1 Å². The predicted molar refractivity (Wildman–Crippen MR) is 166 cm³/mol. The number of ether oxygens (including phenoxy) is 1. The maximum absolute atomic E-state index is 13.2. The van der Waals surface area contributed by atoms with E-state index in [4.69, 9.17) is 27.9 Å². The number of carbonyl (C=O) groups is 3. The van der Waals surface area contributed by atoms with Gasteiger partial charge in [0, 0.05) is 50.5 Å². The van der Waals surface area contributed by atoms with Gasteiger partial charge in [0.2, 0.25) is 5.91 Å². The summed E-state index contributed by atoms with van der Waals surface area (Å²) in [5, 5.41) is 3.20. The van der Waals surface area contributed by atoms with Crippen molar-refractivity contribution in [2.75, 3.05) is 29.9 Å². The monoisotopic (exact) mass is 661 g/mol. The highest BCUT2D eigenvalue weighted by molar-refractivity contribution is 9.10. The topological polar surface area (TPSA) is 79.0 Å². The summed E-state index contributed by atoms with van der Waals surface area (Å²) in [5.74, 6) is -0.506. The molecule has 1 aliphatic heterocycles. The van der Waals surface area contributed by atoms with Gasteiger partial charge in [-0.15, -0.1) is 0 Å². The molecule has 1 fully saturated rings. The third kappa shape index (κ3) is 7.20. The summed E-state index contributed by atoms with van der Waals surface area (Å²) < 4.78 is 6.87. The van der Waals surface area contributed by atoms with Crippen LogP contribution in [0.25, 0.3) is 6.08 Å². The van der Waals surface area contributed by atoms with E-state index >= 15 is 0 Å². The van der Waals surface area contributed by atoms with E-state index in [-0.39, 0.29) is 11.5 Å². The summed E-state index contributed by atoms with van der Waals surface area (Å²) in [4.78, 5) is 41.8. The van der Waals surface area contributed by atoms with Gasteiger partial charge in [0.1, 0.15) is 18.9 Å². The minimum absolute atomic E-state index is 0.176. The van der Waals surface area contributed by atoms with Gasteiger partial charge < -0.3 is 15.0 Å². The second kappa shape index (κ2) is 13.6. The molecule has 4 rings (SSSR count). The number of thioether (sulfide) groups is 1. The van der Waals surface area contributed by atoms with Gasteiger partial charge in [-0.05, 0) is 84.0 Å². The molecule has 0 aromatic heterocycles. The van der Waals surface area contributed by atoms with Crippen molar-refractivity contribution in [2.24, 2.45) is 0 Å². The molecule has 0 atom stereocenters. The zero-order chi connectivity index (χ0) is 28.8. The zero-order valence-electron chi connectivity index (χ0n) is 21.7. The van der Waals surface area contributed by atoms with Gasteiger partial charge in [0.25, 0.3) is 11.1 Å². The van der Waals surface area contributed by atoms with Crippen molar-refractivity contribution in [1.82, 2.24) is 4.90 Å². The summed E-state index contributed by atoms with van der Waals surface area (Å²) >= 11 is 16.5. The summed E-state index contributed by atoms with van der Waals surface area (Å²) in [7, 11) is 0. The van der Waals surface area contributed by atoms with Crippen LogP contribution in [0.5, 0.6) is 5.75 Å². The van der Waals surface area contributed by atoms with Crippen LogP contribution in [0.1, 0.15) is 25.0 Å². The molecule has 0 bridgehead atoms. The SMILES string of the molecule is CCN(CC)c1ccc(/C=C2/SC(=O)N(CC(=O)Nc3ccccc3Br)C2=O)c(OCc2ccc(Cl)cc2Cl)c1. The Kier molecular flexibility index (Phi) is 10.2. The number of benzene rings is 3. The predicted octanol–water partition coefficient (Wildman–Crippen LogP) is 7.86. The van der Waals surface area contributed by atoms with Crippen LogP contribution in [0.3, 0.4) is 0 Å². The molecule has 0 saturated carbocycles. The highest BCUT2D eigenvalue weighted by atomic mass is 79.9. The third-order valence-electron chi connectivity index (χ3n) is 6.13. The van der Waals surface area contributed by atoms with Crippen molar-refractivity contribution in [2.45, 2.75) is 20.5 Å². The number of imide groups is 1. The van der Waals surface area contributed by atoms with E-state index in [1.54, 1.807) is 42.5 Å². The largest absolute Gasteiger partial charge is 0.488 e. The lowest BCUT2D eigenvalue weighted by atomic mass is 10.1. The van der Waals surface area contributed by atoms with E-state index in [1.807, 2.05) is 24.3 Å². The van der Waals surface area contributed by atoms with Gasteiger partial charge in [0.15, 0.2) is 0 Å². The summed E-state index contributed by atoms with van der Waals surface area (Å²) in [6, 6.07) is 18.0. The van der Waals surface area contributed by atoms with Crippen LogP contribution in [-0.4, -0.2) is 41.6 Å². The van der Waals surface area contributed by atoms with Gasteiger partial charge in [-0.1, -0.05) is 41.4 Å². The fraction of sp³-hybridized carbons (Fsp3) is 0.207. The molecule has 208 valence electrons. The van der Waals surface area contributed by atoms with Crippen molar-refractivity contribution >= 4 is 85.4 Å². The second-order valence-corrected chi connectivity index (χ2v) is 11.4. The maximum Gasteiger partial charge on any atom is 0.294 e. The number of rotatable bonds is 10. The first-order valence-electron chi connectivity index (χ1n) is 12.5. The number of amides is 3. The highest BCUT2D eigenvalue weighted by Crippen LogP contribution is 2.36. The Hall–Kier alpha value is -2.98. The highest BCUT2D eigenvalue weighted by Gasteiger charge is 2.36. The van der Waals surface area contributed by atoms with Crippen molar-refractivity contribution in [3.63, 3.8) is 0 Å². The molecule has 40 heavy (non-hydrogen) atoms. The van der Waals surface area contributed by atoms with Crippen molar-refractivity contribution in [3.8, 4) is 5.75 Å². The molecule has 1 saturated heterocycles. The van der Waals surface area contributed by atoms with Crippen LogP contribution in [0.15, 0.2) is 70.0 Å². The van der Waals surface area contributed by atoms with Gasteiger partial charge in [-0.2, -0.15) is 0 Å². The number of hydrogen-bond acceptors (Lipinski definition) is 6. The van der Waals surface area contributed by atoms with Gasteiger partial charge >= 0.3 is 0 Å². The fourth-order valence-electron chi connectivity index (χ4n) is 4.02. The molecule has 3 aromatic rings. The Morgan fingerprint density at radius 3 is 2.52 bits per heavy atom. The van der Waals surface area contributed by atoms with Crippen molar-refractivity contribution in [3.05, 3.63) is 91.2 Å². The van der Waals surface area contributed by atoms with E-state index in [0.29, 0.717) is 31.5 Å². The summed E-state index contributed by atoms with van der Waals surface area (Å²) in [6.45, 7) is 5.51. The van der Waals surface area contributed by atoms with Crippen LogP contribution in [0.2, 0.25) is 10.0 Å². The lowest BCUT2D eigenvalue weighted by Crippen LogP contribution is -2.36. The molecule has 0 unspecified atom stereocenters. The molecule has 0 spiro atoms. The number of halogens is 3. The molecular formula is C29H26BrCl2N3O4S. The molecule has 0 radical (unpaired) electrons. The van der Waals surface area contributed by atoms with Gasteiger partial charge in [-0.25, -0.2) is 0 Å². The van der Waals surface area contributed by atoms with E-state index in [0.717, 1.165) is 41.0 Å². The molecule has 11 heteroatoms. The van der Waals surface area contributed by atoms with Crippen LogP contribution < -0.4 is 15.0 Å². The molecule has 3 amide bonds. The van der Waals surface area contributed by atoms with Crippen LogP contribution in [0.4, 0.5) is 16.2 Å². The Morgan fingerprint density at radius 1 is 1.07 bits per heavy atom. The van der Waals surface area contributed by atoms with Crippen LogP contribution in [-0.2, 0) is 16.2 Å². The van der Waals surface area contributed by atoms with E-state index in [2.05, 4.69) is 40.0 Å². The minimum Gasteiger partial charge on any atom is -0.488 e. The number of hydrogen-bond donors (Lipinski definition) is 1. The zero-order valence-corrected chi connectivity index (χ0v) is 25.7. The first-order chi connectivity index (χ1) is 19.2. The maximum atomic E-state index is 13.2. The lowest BCUT2D eigenvalue weighted by Gasteiger charge is -2.22. The number of nitrogens with zero attached hydrogens (tertiary/aromatic N) is 2. The number of para-hydroxylation sites is 1. The molecule has 1 heterocycles. The normalized spacial score (nSPS) is 14.1. The fourth-order valence-corrected chi connectivity index (χ4v) is 5.70. The molecule has 3 aromatic carbocycles.